The van der Waals surface area contributed by atoms with Gasteiger partial charge in [0.1, 0.15) is 0 Å². The Kier molecular flexibility index (Phi) is 2.05. The van der Waals surface area contributed by atoms with Gasteiger partial charge in [-0.05, 0) is 13.8 Å². The zero-order valence-corrected chi connectivity index (χ0v) is 6.31. The molecular weight excluding hydrogens is 134 g/mol. The van der Waals surface area contributed by atoms with Crippen LogP contribution in [0.1, 0.15) is 13.8 Å². The van der Waals surface area contributed by atoms with Crippen molar-refractivity contribution < 1.29 is 4.74 Å². The molecule has 0 aromatic carbocycles. The quantitative estimate of drug-likeness (QED) is 0.631. The Morgan fingerprint density at radius 3 is 2.89 bits per heavy atom. The molecule has 1 rings (SSSR count). The first-order chi connectivity index (χ1) is 4.29. The minimum absolute atomic E-state index is 0.233. The fraction of sp³-hybridized carbons (Fsp3) is 0.500. The monoisotopic (exact) mass is 143 g/mol. The van der Waals surface area contributed by atoms with Crippen LogP contribution in [0.2, 0.25) is 0 Å². The van der Waals surface area contributed by atoms with Crippen LogP contribution in [-0.4, -0.2) is 11.1 Å². The van der Waals surface area contributed by atoms with Gasteiger partial charge in [0, 0.05) is 11.6 Å². The van der Waals surface area contributed by atoms with Gasteiger partial charge in [0.2, 0.25) is 0 Å². The molecule has 9 heavy (non-hydrogen) atoms. The normalized spacial score (nSPS) is 10.1. The molecule has 50 valence electrons. The van der Waals surface area contributed by atoms with Crippen molar-refractivity contribution in [1.29, 1.82) is 0 Å². The number of rotatable bonds is 2. The Morgan fingerprint density at radius 2 is 2.44 bits per heavy atom. The van der Waals surface area contributed by atoms with Crippen LogP contribution >= 0.6 is 11.3 Å². The summed E-state index contributed by atoms with van der Waals surface area (Å²) in [5.74, 6) is 0. The molecule has 0 N–H and O–H groups in total. The van der Waals surface area contributed by atoms with Crippen LogP contribution < -0.4 is 4.74 Å². The molecule has 0 fully saturated rings. The molecule has 3 heteroatoms. The van der Waals surface area contributed by atoms with E-state index in [0.29, 0.717) is 0 Å². The molecule has 0 radical (unpaired) electrons. The summed E-state index contributed by atoms with van der Waals surface area (Å²) >= 11 is 1.52. The van der Waals surface area contributed by atoms with Gasteiger partial charge >= 0.3 is 0 Å². The molecule has 0 unspecified atom stereocenters. The van der Waals surface area contributed by atoms with Crippen molar-refractivity contribution in [2.75, 3.05) is 0 Å². The molecule has 0 saturated heterocycles. The molecule has 1 heterocycles. The highest BCUT2D eigenvalue weighted by Gasteiger charge is 1.96. The van der Waals surface area contributed by atoms with Gasteiger partial charge in [-0.15, -0.1) is 0 Å². The molecule has 0 aliphatic rings. The lowest BCUT2D eigenvalue weighted by Gasteiger charge is -2.03. The second-order valence-electron chi connectivity index (χ2n) is 1.96. The van der Waals surface area contributed by atoms with Gasteiger partial charge in [-0.2, -0.15) is 0 Å². The zero-order valence-electron chi connectivity index (χ0n) is 5.50. The van der Waals surface area contributed by atoms with Crippen LogP contribution in [0.4, 0.5) is 0 Å². The van der Waals surface area contributed by atoms with Crippen LogP contribution in [-0.2, 0) is 0 Å². The maximum absolute atomic E-state index is 5.26. The van der Waals surface area contributed by atoms with E-state index >= 15 is 0 Å². The van der Waals surface area contributed by atoms with E-state index in [2.05, 4.69) is 4.98 Å². The van der Waals surface area contributed by atoms with Gasteiger partial charge in [-0.1, -0.05) is 11.3 Å². The second kappa shape index (κ2) is 2.82. The van der Waals surface area contributed by atoms with Crippen LogP contribution in [0.25, 0.3) is 0 Å². The Labute approximate surface area is 58.5 Å². The van der Waals surface area contributed by atoms with E-state index in [1.165, 1.54) is 11.3 Å². The van der Waals surface area contributed by atoms with Gasteiger partial charge in [-0.3, -0.25) is 0 Å². The molecular formula is C6H9NOS. The number of ether oxygens (including phenoxy) is 1. The number of hydrogen-bond acceptors (Lipinski definition) is 3. The third-order valence-electron chi connectivity index (χ3n) is 0.746. The summed E-state index contributed by atoms with van der Waals surface area (Å²) in [5.41, 5.74) is 0. The molecule has 1 aromatic rings. The summed E-state index contributed by atoms with van der Waals surface area (Å²) in [6, 6.07) is 0. The standard InChI is InChI=1S/C6H9NOS/c1-5(2)8-6-7-3-4-9-6/h3-5H,1-2H3. The van der Waals surface area contributed by atoms with Crippen molar-refractivity contribution >= 4 is 11.3 Å². The average molecular weight is 143 g/mol. The van der Waals surface area contributed by atoms with Gasteiger partial charge in [0.15, 0.2) is 0 Å². The molecule has 0 aliphatic heterocycles. The summed E-state index contributed by atoms with van der Waals surface area (Å²) in [7, 11) is 0. The summed E-state index contributed by atoms with van der Waals surface area (Å²) < 4.78 is 5.26. The van der Waals surface area contributed by atoms with Gasteiger partial charge in [0.25, 0.3) is 5.19 Å². The maximum atomic E-state index is 5.26. The highest BCUT2D eigenvalue weighted by Crippen LogP contribution is 2.14. The zero-order chi connectivity index (χ0) is 6.69. The third-order valence-corrected chi connectivity index (χ3v) is 1.41. The van der Waals surface area contributed by atoms with E-state index in [4.69, 9.17) is 4.74 Å². The molecule has 0 spiro atoms. The van der Waals surface area contributed by atoms with Crippen LogP contribution in [0.3, 0.4) is 0 Å². The molecule has 0 atom stereocenters. The third kappa shape index (κ3) is 2.01. The van der Waals surface area contributed by atoms with E-state index in [0.717, 1.165) is 5.19 Å². The predicted molar refractivity (Wildman–Crippen MR) is 37.9 cm³/mol. The summed E-state index contributed by atoms with van der Waals surface area (Å²) in [6.45, 7) is 3.98. The largest absolute Gasteiger partial charge is 0.467 e. The Hall–Kier alpha value is -0.570. The molecule has 0 aliphatic carbocycles. The minimum atomic E-state index is 0.233. The first-order valence-electron chi connectivity index (χ1n) is 2.85. The highest BCUT2D eigenvalue weighted by atomic mass is 32.1. The Bertz CT molecular complexity index is 160. The van der Waals surface area contributed by atoms with E-state index in [1.54, 1.807) is 6.20 Å². The molecule has 2 nitrogen and oxygen atoms in total. The van der Waals surface area contributed by atoms with Crippen molar-refractivity contribution in [3.05, 3.63) is 11.6 Å². The van der Waals surface area contributed by atoms with Gasteiger partial charge in [-0.25, -0.2) is 4.98 Å². The van der Waals surface area contributed by atoms with E-state index in [9.17, 15) is 0 Å². The first-order valence-corrected chi connectivity index (χ1v) is 3.73. The lowest BCUT2D eigenvalue weighted by atomic mass is 10.5. The van der Waals surface area contributed by atoms with Crippen LogP contribution in [0.15, 0.2) is 11.6 Å². The van der Waals surface area contributed by atoms with E-state index in [-0.39, 0.29) is 6.10 Å². The summed E-state index contributed by atoms with van der Waals surface area (Å²) in [6.07, 6.45) is 1.97. The van der Waals surface area contributed by atoms with Gasteiger partial charge < -0.3 is 4.74 Å². The van der Waals surface area contributed by atoms with Crippen molar-refractivity contribution in [2.45, 2.75) is 20.0 Å². The Balaban J connectivity index is 2.48. The van der Waals surface area contributed by atoms with Crippen LogP contribution in [0.5, 0.6) is 5.19 Å². The van der Waals surface area contributed by atoms with E-state index < -0.39 is 0 Å². The summed E-state index contributed by atoms with van der Waals surface area (Å²) in [5, 5.41) is 2.66. The molecule has 1 aromatic heterocycles. The maximum Gasteiger partial charge on any atom is 0.273 e. The highest BCUT2D eigenvalue weighted by molar-refractivity contribution is 7.11. The topological polar surface area (TPSA) is 22.1 Å². The van der Waals surface area contributed by atoms with Crippen molar-refractivity contribution in [1.82, 2.24) is 4.98 Å². The first kappa shape index (κ1) is 6.55. The number of thiazole rings is 1. The summed E-state index contributed by atoms with van der Waals surface area (Å²) in [4.78, 5) is 3.95. The van der Waals surface area contributed by atoms with Crippen LogP contribution in [0, 0.1) is 0 Å². The van der Waals surface area contributed by atoms with Crippen molar-refractivity contribution in [2.24, 2.45) is 0 Å². The lowest BCUT2D eigenvalue weighted by Crippen LogP contribution is -2.04. The number of nitrogens with zero attached hydrogens (tertiary/aromatic N) is 1. The number of hydrogen-bond donors (Lipinski definition) is 0. The van der Waals surface area contributed by atoms with Crippen molar-refractivity contribution in [3.63, 3.8) is 0 Å². The molecule has 0 amide bonds. The Morgan fingerprint density at radius 1 is 1.67 bits per heavy atom. The van der Waals surface area contributed by atoms with Gasteiger partial charge in [0.05, 0.1) is 6.10 Å². The fourth-order valence-electron chi connectivity index (χ4n) is 0.470. The smallest absolute Gasteiger partial charge is 0.273 e. The minimum Gasteiger partial charge on any atom is -0.467 e. The second-order valence-corrected chi connectivity index (χ2v) is 2.82. The molecule has 0 saturated carbocycles. The lowest BCUT2D eigenvalue weighted by molar-refractivity contribution is 0.241. The fourth-order valence-corrected chi connectivity index (χ4v) is 1.08. The van der Waals surface area contributed by atoms with E-state index in [1.807, 2.05) is 19.2 Å². The number of aromatic nitrogens is 1. The molecule has 0 bridgehead atoms. The predicted octanol–water partition coefficient (Wildman–Crippen LogP) is 1.93. The SMILES string of the molecule is CC(C)Oc1nccs1. The average Bonchev–Trinajstić information content (AvgIpc) is 2.15. The van der Waals surface area contributed by atoms with Crippen molar-refractivity contribution in [3.8, 4) is 5.19 Å².